The van der Waals surface area contributed by atoms with Crippen molar-refractivity contribution in [2.45, 2.75) is 18.3 Å². The van der Waals surface area contributed by atoms with E-state index in [-0.39, 0.29) is 23.7 Å². The third-order valence-corrected chi connectivity index (χ3v) is 7.34. The quantitative estimate of drug-likeness (QED) is 0.841. The van der Waals surface area contributed by atoms with Crippen LogP contribution >= 0.6 is 0 Å². The molecule has 1 aromatic rings. The van der Waals surface area contributed by atoms with E-state index in [1.807, 2.05) is 0 Å². The molecule has 4 nitrogen and oxygen atoms in total. The minimum Gasteiger partial charge on any atom is -0.392 e. The van der Waals surface area contributed by atoms with Gasteiger partial charge < -0.3 is 5.11 Å². The average molecular weight is 291 g/mol. The summed E-state index contributed by atoms with van der Waals surface area (Å²) in [5.74, 6) is 0.880. The monoisotopic (exact) mass is 291 g/mol. The molecular formula is C15H17NO3S. The lowest BCUT2D eigenvalue weighted by atomic mass is 9.93. The number of sulfonamides is 1. The summed E-state index contributed by atoms with van der Waals surface area (Å²) in [6.45, 7) is 0.573. The summed E-state index contributed by atoms with van der Waals surface area (Å²) in [7, 11) is -3.25. The number of rotatable bonds is 2. The third-order valence-electron chi connectivity index (χ3n) is 4.98. The van der Waals surface area contributed by atoms with Gasteiger partial charge in [-0.1, -0.05) is 24.3 Å². The van der Waals surface area contributed by atoms with Gasteiger partial charge in [0.1, 0.15) is 0 Å². The Morgan fingerprint density at radius 2 is 1.85 bits per heavy atom. The second-order valence-corrected chi connectivity index (χ2v) is 7.99. The minimum absolute atomic E-state index is 0.0215. The fourth-order valence-electron chi connectivity index (χ4n) is 4.02. The van der Waals surface area contributed by atoms with Crippen molar-refractivity contribution in [3.05, 3.63) is 42.0 Å². The first-order valence-electron chi connectivity index (χ1n) is 7.01. The number of hydrogen-bond acceptors (Lipinski definition) is 3. The molecule has 1 N–H and O–H groups in total. The van der Waals surface area contributed by atoms with Gasteiger partial charge in [0, 0.05) is 12.5 Å². The predicted octanol–water partition coefficient (Wildman–Crippen LogP) is 1.52. The molecule has 2 fully saturated rings. The molecule has 1 heterocycles. The normalized spacial score (nSPS) is 36.5. The van der Waals surface area contributed by atoms with E-state index in [0.717, 1.165) is 17.7 Å². The molecule has 20 heavy (non-hydrogen) atoms. The van der Waals surface area contributed by atoms with E-state index in [1.165, 1.54) is 0 Å². The van der Waals surface area contributed by atoms with Gasteiger partial charge in [-0.15, -0.1) is 0 Å². The van der Waals surface area contributed by atoms with Gasteiger partial charge in [0.15, 0.2) is 0 Å². The van der Waals surface area contributed by atoms with Gasteiger partial charge in [0.05, 0.1) is 17.5 Å². The lowest BCUT2D eigenvalue weighted by Crippen LogP contribution is -2.32. The Balaban J connectivity index is 1.70. The van der Waals surface area contributed by atoms with Gasteiger partial charge in [0.2, 0.25) is 10.0 Å². The molecule has 106 valence electrons. The van der Waals surface area contributed by atoms with Crippen molar-refractivity contribution in [2.75, 3.05) is 10.8 Å². The maximum Gasteiger partial charge on any atom is 0.238 e. The van der Waals surface area contributed by atoms with Crippen LogP contribution in [0.4, 0.5) is 5.69 Å². The van der Waals surface area contributed by atoms with Crippen LogP contribution in [0, 0.1) is 17.8 Å². The highest BCUT2D eigenvalue weighted by atomic mass is 32.2. The van der Waals surface area contributed by atoms with E-state index in [2.05, 4.69) is 12.2 Å². The predicted molar refractivity (Wildman–Crippen MR) is 76.6 cm³/mol. The standard InChI is InChI=1S/C15H17NO3S/c17-9-10-1-5-13(6-2-10)16-8-14-11-3-4-12(7-11)15(14)20(16,18)19/h1-6,11-12,14-15,17H,7-9H2/t11-,12+,14-,15+/m1/s1. The van der Waals surface area contributed by atoms with Crippen molar-refractivity contribution < 1.29 is 13.5 Å². The zero-order valence-electron chi connectivity index (χ0n) is 11.0. The summed E-state index contributed by atoms with van der Waals surface area (Å²) in [4.78, 5) is 0. The van der Waals surface area contributed by atoms with Gasteiger partial charge in [-0.3, -0.25) is 4.31 Å². The highest BCUT2D eigenvalue weighted by Crippen LogP contribution is 2.52. The minimum atomic E-state index is -3.25. The summed E-state index contributed by atoms with van der Waals surface area (Å²) in [5.41, 5.74) is 1.52. The van der Waals surface area contributed by atoms with Gasteiger partial charge in [-0.05, 0) is 36.0 Å². The second kappa shape index (κ2) is 4.09. The number of allylic oxidation sites excluding steroid dienone is 2. The fourth-order valence-corrected chi connectivity index (χ4v) is 6.49. The van der Waals surface area contributed by atoms with Crippen LogP contribution in [0.25, 0.3) is 0 Å². The SMILES string of the molecule is O=S1(=O)[C@@H]2[C@H](CN1c1ccc(CO)cc1)[C@@H]1C=C[C@H]2C1. The van der Waals surface area contributed by atoms with Crippen LogP contribution in [0.15, 0.2) is 36.4 Å². The van der Waals surface area contributed by atoms with Crippen LogP contribution in [0.1, 0.15) is 12.0 Å². The molecule has 1 saturated carbocycles. The average Bonchev–Trinajstić information content (AvgIpc) is 3.11. The van der Waals surface area contributed by atoms with E-state index in [0.29, 0.717) is 12.5 Å². The van der Waals surface area contributed by atoms with Gasteiger partial charge >= 0.3 is 0 Å². The topological polar surface area (TPSA) is 57.6 Å². The van der Waals surface area contributed by atoms with Crippen molar-refractivity contribution in [3.63, 3.8) is 0 Å². The first kappa shape index (κ1) is 12.4. The maximum absolute atomic E-state index is 12.8. The van der Waals surface area contributed by atoms with E-state index in [1.54, 1.807) is 28.6 Å². The van der Waals surface area contributed by atoms with Crippen molar-refractivity contribution in [1.29, 1.82) is 0 Å². The number of nitrogens with zero attached hydrogens (tertiary/aromatic N) is 1. The van der Waals surface area contributed by atoms with E-state index in [9.17, 15) is 8.42 Å². The number of fused-ring (bicyclic) bond motifs is 5. The number of aliphatic hydroxyl groups excluding tert-OH is 1. The Morgan fingerprint density at radius 3 is 2.50 bits per heavy atom. The van der Waals surface area contributed by atoms with Crippen LogP contribution < -0.4 is 4.31 Å². The highest BCUT2D eigenvalue weighted by molar-refractivity contribution is 7.93. The van der Waals surface area contributed by atoms with Crippen LogP contribution in [0.5, 0.6) is 0 Å². The molecule has 1 aliphatic heterocycles. The molecule has 1 saturated heterocycles. The van der Waals surface area contributed by atoms with Gasteiger partial charge in [-0.25, -0.2) is 8.42 Å². The number of hydrogen-bond donors (Lipinski definition) is 1. The summed E-state index contributed by atoms with van der Waals surface area (Å²) < 4.78 is 27.1. The maximum atomic E-state index is 12.8. The van der Waals surface area contributed by atoms with Crippen LogP contribution in [-0.4, -0.2) is 25.3 Å². The van der Waals surface area contributed by atoms with E-state index < -0.39 is 10.0 Å². The molecular weight excluding hydrogens is 274 g/mol. The Hall–Kier alpha value is -1.33. The molecule has 1 aromatic carbocycles. The summed E-state index contributed by atoms with van der Waals surface area (Å²) in [5, 5.41) is 8.84. The van der Waals surface area contributed by atoms with Crippen LogP contribution in [0.2, 0.25) is 0 Å². The molecule has 5 heteroatoms. The molecule has 0 amide bonds. The molecule has 4 atom stereocenters. The van der Waals surface area contributed by atoms with Crippen molar-refractivity contribution in [2.24, 2.45) is 17.8 Å². The first-order valence-corrected chi connectivity index (χ1v) is 8.51. The number of anilines is 1. The Labute approximate surface area is 118 Å². The molecule has 0 radical (unpaired) electrons. The molecule has 4 rings (SSSR count). The third kappa shape index (κ3) is 1.53. The largest absolute Gasteiger partial charge is 0.392 e. The molecule has 2 bridgehead atoms. The first-order chi connectivity index (χ1) is 9.61. The van der Waals surface area contributed by atoms with E-state index >= 15 is 0 Å². The lowest BCUT2D eigenvalue weighted by molar-refractivity contribution is 0.282. The zero-order chi connectivity index (χ0) is 13.9. The zero-order valence-corrected chi connectivity index (χ0v) is 11.8. The van der Waals surface area contributed by atoms with Gasteiger partial charge in [-0.2, -0.15) is 0 Å². The smallest absolute Gasteiger partial charge is 0.238 e. The van der Waals surface area contributed by atoms with Crippen LogP contribution in [0.3, 0.4) is 0 Å². The Bertz CT molecular complexity index is 665. The molecule has 0 spiro atoms. The Kier molecular flexibility index (Phi) is 2.54. The Morgan fingerprint density at radius 1 is 1.15 bits per heavy atom. The van der Waals surface area contributed by atoms with Gasteiger partial charge in [0.25, 0.3) is 0 Å². The summed E-state index contributed by atoms with van der Waals surface area (Å²) >= 11 is 0. The summed E-state index contributed by atoms with van der Waals surface area (Å²) in [6, 6.07) is 7.15. The number of benzene rings is 1. The summed E-state index contributed by atoms with van der Waals surface area (Å²) in [6.07, 6.45) is 5.29. The molecule has 2 aliphatic carbocycles. The number of aliphatic hydroxyl groups is 1. The van der Waals surface area contributed by atoms with Crippen molar-refractivity contribution in [3.8, 4) is 0 Å². The van der Waals surface area contributed by atoms with E-state index in [4.69, 9.17) is 5.11 Å². The van der Waals surface area contributed by atoms with Crippen molar-refractivity contribution >= 4 is 15.7 Å². The van der Waals surface area contributed by atoms with Crippen molar-refractivity contribution in [1.82, 2.24) is 0 Å². The van der Waals surface area contributed by atoms with Crippen LogP contribution in [-0.2, 0) is 16.6 Å². The second-order valence-electron chi connectivity index (χ2n) is 5.98. The lowest BCUT2D eigenvalue weighted by Gasteiger charge is -2.20. The highest BCUT2D eigenvalue weighted by Gasteiger charge is 2.58. The molecule has 0 unspecified atom stereocenters. The molecule has 0 aromatic heterocycles. The molecule has 3 aliphatic rings. The fraction of sp³-hybridized carbons (Fsp3) is 0.467.